The number of carbonyl (C=O) groups excluding carboxylic acids is 2. The van der Waals surface area contributed by atoms with Gasteiger partial charge >= 0.3 is 5.97 Å². The quantitative estimate of drug-likeness (QED) is 0.825. The fourth-order valence-corrected chi connectivity index (χ4v) is 2.87. The summed E-state index contributed by atoms with van der Waals surface area (Å²) in [6.07, 6.45) is 0.827. The first-order chi connectivity index (χ1) is 11.0. The first-order valence-electron chi connectivity index (χ1n) is 7.50. The first-order valence-corrected chi connectivity index (χ1v) is 8.32. The Balaban J connectivity index is 2.00. The van der Waals surface area contributed by atoms with Crippen molar-refractivity contribution in [1.29, 1.82) is 0 Å². The molecule has 0 unspecified atom stereocenters. The minimum absolute atomic E-state index is 0.0658. The highest BCUT2D eigenvalue weighted by molar-refractivity contribution is 7.17. The topological polar surface area (TPSA) is 68.3 Å². The fourth-order valence-electron chi connectivity index (χ4n) is 1.91. The van der Waals surface area contributed by atoms with E-state index in [-0.39, 0.29) is 18.6 Å². The van der Waals surface area contributed by atoms with Gasteiger partial charge in [-0.2, -0.15) is 0 Å². The largest absolute Gasteiger partial charge is 0.451 e. The highest BCUT2D eigenvalue weighted by atomic mass is 32.1. The maximum Gasteiger partial charge on any atom is 0.350 e. The second-order valence-electron chi connectivity index (χ2n) is 5.25. The lowest BCUT2D eigenvalue weighted by Gasteiger charge is -2.11. The van der Waals surface area contributed by atoms with Gasteiger partial charge in [-0.15, -0.1) is 11.3 Å². The molecular formula is C17H20N2O3S. The Hall–Kier alpha value is -2.21. The molecule has 2 aromatic rings. The van der Waals surface area contributed by atoms with Gasteiger partial charge in [-0.05, 0) is 20.3 Å². The number of rotatable bonds is 6. The Morgan fingerprint density at radius 1 is 1.30 bits per heavy atom. The Labute approximate surface area is 139 Å². The van der Waals surface area contributed by atoms with Gasteiger partial charge in [0.1, 0.15) is 9.88 Å². The van der Waals surface area contributed by atoms with E-state index in [2.05, 4.69) is 10.3 Å². The summed E-state index contributed by atoms with van der Waals surface area (Å²) >= 11 is 1.27. The number of hydrogen-bond donors (Lipinski definition) is 1. The van der Waals surface area contributed by atoms with Crippen LogP contribution in [0.1, 0.15) is 35.6 Å². The molecule has 23 heavy (non-hydrogen) atoms. The van der Waals surface area contributed by atoms with Crippen molar-refractivity contribution in [1.82, 2.24) is 10.3 Å². The number of nitrogens with zero attached hydrogens (tertiary/aromatic N) is 1. The van der Waals surface area contributed by atoms with Gasteiger partial charge in [0.2, 0.25) is 0 Å². The highest BCUT2D eigenvalue weighted by Gasteiger charge is 2.18. The molecule has 5 nitrogen and oxygen atoms in total. The summed E-state index contributed by atoms with van der Waals surface area (Å²) in [5, 5.41) is 3.52. The molecule has 1 heterocycles. The zero-order chi connectivity index (χ0) is 16.8. The Bertz CT molecular complexity index is 682. The minimum Gasteiger partial charge on any atom is -0.451 e. The molecule has 1 atom stereocenters. The Kier molecular flexibility index (Phi) is 5.87. The lowest BCUT2D eigenvalue weighted by molar-refractivity contribution is -0.124. The third-order valence-electron chi connectivity index (χ3n) is 3.36. The average Bonchev–Trinajstić information content (AvgIpc) is 2.95. The van der Waals surface area contributed by atoms with Gasteiger partial charge in [0.15, 0.2) is 6.61 Å². The van der Waals surface area contributed by atoms with Crippen LogP contribution < -0.4 is 5.32 Å². The molecule has 1 aromatic heterocycles. The van der Waals surface area contributed by atoms with Crippen molar-refractivity contribution in [3.63, 3.8) is 0 Å². The van der Waals surface area contributed by atoms with Crippen LogP contribution in [0.25, 0.3) is 10.6 Å². The number of ether oxygens (including phenoxy) is 1. The molecule has 0 aliphatic heterocycles. The van der Waals surface area contributed by atoms with Crippen LogP contribution in [0.2, 0.25) is 0 Å². The summed E-state index contributed by atoms with van der Waals surface area (Å²) in [4.78, 5) is 28.6. The van der Waals surface area contributed by atoms with Gasteiger partial charge in [-0.1, -0.05) is 37.3 Å². The van der Waals surface area contributed by atoms with Crippen LogP contribution in [-0.2, 0) is 9.53 Å². The van der Waals surface area contributed by atoms with Gasteiger partial charge in [0.05, 0.1) is 5.69 Å². The predicted molar refractivity (Wildman–Crippen MR) is 90.5 cm³/mol. The average molecular weight is 332 g/mol. The third kappa shape index (κ3) is 4.63. The molecule has 1 N–H and O–H groups in total. The number of nitrogens with one attached hydrogen (secondary N) is 1. The van der Waals surface area contributed by atoms with E-state index in [9.17, 15) is 9.59 Å². The summed E-state index contributed by atoms with van der Waals surface area (Å²) in [6.45, 7) is 5.36. The van der Waals surface area contributed by atoms with Crippen LogP contribution >= 0.6 is 11.3 Å². The van der Waals surface area contributed by atoms with Crippen molar-refractivity contribution < 1.29 is 14.3 Å². The van der Waals surface area contributed by atoms with Crippen molar-refractivity contribution in [3.8, 4) is 10.6 Å². The lowest BCUT2D eigenvalue weighted by Crippen LogP contribution is -2.35. The van der Waals surface area contributed by atoms with Gasteiger partial charge in [0, 0.05) is 11.6 Å². The van der Waals surface area contributed by atoms with E-state index in [0.29, 0.717) is 10.6 Å². The molecular weight excluding hydrogens is 312 g/mol. The zero-order valence-electron chi connectivity index (χ0n) is 13.5. The van der Waals surface area contributed by atoms with Crippen LogP contribution in [0, 0.1) is 6.92 Å². The smallest absolute Gasteiger partial charge is 0.350 e. The molecule has 1 amide bonds. The number of amides is 1. The number of thiazole rings is 1. The van der Waals surface area contributed by atoms with Gasteiger partial charge in [-0.3, -0.25) is 4.79 Å². The van der Waals surface area contributed by atoms with Crippen molar-refractivity contribution >= 4 is 23.2 Å². The van der Waals surface area contributed by atoms with E-state index in [1.807, 2.05) is 44.2 Å². The summed E-state index contributed by atoms with van der Waals surface area (Å²) in [5.41, 5.74) is 1.57. The molecule has 0 saturated heterocycles. The summed E-state index contributed by atoms with van der Waals surface area (Å²) in [7, 11) is 0. The lowest BCUT2D eigenvalue weighted by atomic mass is 10.2. The minimum atomic E-state index is -0.513. The molecule has 0 saturated carbocycles. The second kappa shape index (κ2) is 7.87. The number of benzene rings is 1. The number of esters is 1. The number of carbonyl (C=O) groups is 2. The van der Waals surface area contributed by atoms with Crippen LogP contribution in [0.15, 0.2) is 30.3 Å². The van der Waals surface area contributed by atoms with Crippen molar-refractivity contribution in [2.45, 2.75) is 33.2 Å². The third-order valence-corrected chi connectivity index (χ3v) is 4.54. The maximum absolute atomic E-state index is 12.1. The molecule has 0 radical (unpaired) electrons. The van der Waals surface area contributed by atoms with Crippen molar-refractivity contribution in [3.05, 3.63) is 40.9 Å². The van der Waals surface area contributed by atoms with Crippen LogP contribution in [0.4, 0.5) is 0 Å². The Morgan fingerprint density at radius 2 is 2.00 bits per heavy atom. The number of aryl methyl sites for hydroxylation is 1. The summed E-state index contributed by atoms with van der Waals surface area (Å²) in [5.74, 6) is -0.806. The van der Waals surface area contributed by atoms with E-state index < -0.39 is 5.97 Å². The van der Waals surface area contributed by atoms with E-state index >= 15 is 0 Å². The van der Waals surface area contributed by atoms with Crippen LogP contribution in [-0.4, -0.2) is 29.5 Å². The van der Waals surface area contributed by atoms with Crippen molar-refractivity contribution in [2.24, 2.45) is 0 Å². The SMILES string of the molecule is CC[C@H](C)NC(=O)COC(=O)c1sc(-c2ccccc2)nc1C. The molecule has 0 bridgehead atoms. The molecule has 1 aromatic carbocycles. The number of aromatic nitrogens is 1. The van der Waals surface area contributed by atoms with Gasteiger partial charge < -0.3 is 10.1 Å². The maximum atomic E-state index is 12.1. The van der Waals surface area contributed by atoms with Gasteiger partial charge in [-0.25, -0.2) is 9.78 Å². The molecule has 0 aliphatic rings. The molecule has 6 heteroatoms. The molecule has 122 valence electrons. The van der Waals surface area contributed by atoms with E-state index in [4.69, 9.17) is 4.74 Å². The van der Waals surface area contributed by atoms with Crippen LogP contribution in [0.5, 0.6) is 0 Å². The van der Waals surface area contributed by atoms with Gasteiger partial charge in [0.25, 0.3) is 5.91 Å². The zero-order valence-corrected chi connectivity index (χ0v) is 14.3. The first kappa shape index (κ1) is 17.1. The molecule has 2 rings (SSSR count). The predicted octanol–water partition coefficient (Wildman–Crippen LogP) is 3.19. The second-order valence-corrected chi connectivity index (χ2v) is 6.25. The van der Waals surface area contributed by atoms with Crippen LogP contribution in [0.3, 0.4) is 0 Å². The number of hydrogen-bond acceptors (Lipinski definition) is 5. The van der Waals surface area contributed by atoms with Crippen molar-refractivity contribution in [2.75, 3.05) is 6.61 Å². The monoisotopic (exact) mass is 332 g/mol. The Morgan fingerprint density at radius 3 is 2.65 bits per heavy atom. The van der Waals surface area contributed by atoms with E-state index in [0.717, 1.165) is 17.0 Å². The standard InChI is InChI=1S/C17H20N2O3S/c1-4-11(2)18-14(20)10-22-17(21)15-12(3)19-16(23-15)13-8-6-5-7-9-13/h5-9,11H,4,10H2,1-3H3,(H,18,20)/t11-/m0/s1. The van der Waals surface area contributed by atoms with E-state index in [1.165, 1.54) is 11.3 Å². The fraction of sp³-hybridized carbons (Fsp3) is 0.353. The molecule has 0 spiro atoms. The summed E-state index contributed by atoms with van der Waals surface area (Å²) in [6, 6.07) is 9.71. The van der Waals surface area contributed by atoms with E-state index in [1.54, 1.807) is 6.92 Å². The molecule has 0 aliphatic carbocycles. The summed E-state index contributed by atoms with van der Waals surface area (Å²) < 4.78 is 5.08. The normalized spacial score (nSPS) is 11.8. The highest BCUT2D eigenvalue weighted by Crippen LogP contribution is 2.28. The molecule has 0 fully saturated rings.